The second kappa shape index (κ2) is 11.1. The van der Waals surface area contributed by atoms with Crippen LogP contribution < -0.4 is 10.6 Å². The number of hydrogen-bond donors (Lipinski definition) is 2. The first-order chi connectivity index (χ1) is 15.4. The van der Waals surface area contributed by atoms with Crippen LogP contribution in [0.15, 0.2) is 78.9 Å². The minimum Gasteiger partial charge on any atom is -0.333 e. The molecule has 0 saturated heterocycles. The third-order valence-electron chi connectivity index (χ3n) is 4.84. The van der Waals surface area contributed by atoms with Gasteiger partial charge in [-0.2, -0.15) is 0 Å². The molecule has 0 unspecified atom stereocenters. The molecule has 0 fully saturated rings. The number of amides is 3. The molecule has 0 aliphatic heterocycles. The van der Waals surface area contributed by atoms with Gasteiger partial charge >= 0.3 is 6.03 Å². The van der Waals surface area contributed by atoms with Gasteiger partial charge in [-0.15, -0.1) is 0 Å². The van der Waals surface area contributed by atoms with Gasteiger partial charge in [0.1, 0.15) is 5.82 Å². The molecule has 0 spiro atoms. The number of carbonyl (C=O) groups is 2. The zero-order valence-electron chi connectivity index (χ0n) is 18.2. The lowest BCUT2D eigenvalue weighted by atomic mass is 10.1. The molecule has 2 N–H and O–H groups in total. The van der Waals surface area contributed by atoms with Crippen molar-refractivity contribution in [3.63, 3.8) is 0 Å². The highest BCUT2D eigenvalue weighted by Crippen LogP contribution is 2.16. The van der Waals surface area contributed by atoms with E-state index in [0.29, 0.717) is 35.6 Å². The van der Waals surface area contributed by atoms with Crippen molar-refractivity contribution >= 4 is 23.3 Å². The summed E-state index contributed by atoms with van der Waals surface area (Å²) in [6, 6.07) is 21.9. The molecule has 0 heterocycles. The highest BCUT2D eigenvalue weighted by Gasteiger charge is 2.18. The first-order valence-corrected chi connectivity index (χ1v) is 10.3. The Morgan fingerprint density at radius 1 is 0.781 bits per heavy atom. The zero-order valence-corrected chi connectivity index (χ0v) is 18.2. The number of hydrogen-bond acceptors (Lipinski definition) is 3. The van der Waals surface area contributed by atoms with Crippen molar-refractivity contribution in [1.82, 2.24) is 9.80 Å². The van der Waals surface area contributed by atoms with Crippen molar-refractivity contribution in [2.45, 2.75) is 6.54 Å². The summed E-state index contributed by atoms with van der Waals surface area (Å²) in [5, 5.41) is 5.48. The van der Waals surface area contributed by atoms with Crippen molar-refractivity contribution in [2.75, 3.05) is 37.8 Å². The number of urea groups is 1. The van der Waals surface area contributed by atoms with Crippen molar-refractivity contribution in [3.05, 3.63) is 95.8 Å². The van der Waals surface area contributed by atoms with Crippen molar-refractivity contribution < 1.29 is 14.0 Å². The standard InChI is InChI=1S/C25H27FN4O2/c1-29(2)16-17-30(18-20-8-6-7-11-23(20)26)24(31)19-12-14-22(15-13-19)28-25(32)27-21-9-4-3-5-10-21/h3-15H,16-18H2,1-2H3,(H2,27,28,32). The Hall–Kier alpha value is -3.71. The molecule has 166 valence electrons. The monoisotopic (exact) mass is 434 g/mol. The quantitative estimate of drug-likeness (QED) is 0.541. The van der Waals surface area contributed by atoms with Gasteiger partial charge < -0.3 is 20.4 Å². The normalized spacial score (nSPS) is 10.6. The number of rotatable bonds is 8. The number of nitrogens with zero attached hydrogens (tertiary/aromatic N) is 2. The minimum absolute atomic E-state index is 0.179. The second-order valence-corrected chi connectivity index (χ2v) is 7.64. The molecule has 0 aromatic heterocycles. The highest BCUT2D eigenvalue weighted by molar-refractivity contribution is 6.00. The van der Waals surface area contributed by atoms with Crippen LogP contribution in [0, 0.1) is 5.82 Å². The molecule has 0 aliphatic rings. The van der Waals surface area contributed by atoms with Crippen molar-refractivity contribution in [2.24, 2.45) is 0 Å². The van der Waals surface area contributed by atoms with Crippen LogP contribution in [-0.4, -0.2) is 48.9 Å². The number of likely N-dealkylation sites (N-methyl/N-ethyl adjacent to an activating group) is 1. The largest absolute Gasteiger partial charge is 0.333 e. The molecule has 3 amide bonds. The van der Waals surface area contributed by atoms with E-state index in [-0.39, 0.29) is 24.3 Å². The lowest BCUT2D eigenvalue weighted by Gasteiger charge is -2.25. The molecule has 6 nitrogen and oxygen atoms in total. The lowest BCUT2D eigenvalue weighted by Crippen LogP contribution is -2.36. The van der Waals surface area contributed by atoms with Gasteiger partial charge in [0.15, 0.2) is 0 Å². The van der Waals surface area contributed by atoms with E-state index in [2.05, 4.69) is 10.6 Å². The van der Waals surface area contributed by atoms with Crippen LogP contribution in [0.5, 0.6) is 0 Å². The number of nitrogens with one attached hydrogen (secondary N) is 2. The van der Waals surface area contributed by atoms with Crippen molar-refractivity contribution in [3.8, 4) is 0 Å². The van der Waals surface area contributed by atoms with Crippen LogP contribution in [-0.2, 0) is 6.54 Å². The third-order valence-corrected chi connectivity index (χ3v) is 4.84. The summed E-state index contributed by atoms with van der Waals surface area (Å²) in [5.74, 6) is -0.533. The van der Waals surface area contributed by atoms with E-state index >= 15 is 0 Å². The summed E-state index contributed by atoms with van der Waals surface area (Å²) < 4.78 is 14.2. The van der Waals surface area contributed by atoms with Gasteiger partial charge in [-0.3, -0.25) is 4.79 Å². The van der Waals surface area contributed by atoms with Crippen LogP contribution in [0.2, 0.25) is 0 Å². The summed E-state index contributed by atoms with van der Waals surface area (Å²) in [5.41, 5.74) is 2.18. The first kappa shape index (κ1) is 23.0. The van der Waals surface area contributed by atoms with Crippen LogP contribution in [0.25, 0.3) is 0 Å². The maximum absolute atomic E-state index is 14.2. The summed E-state index contributed by atoms with van der Waals surface area (Å²) in [6.45, 7) is 1.29. The fourth-order valence-electron chi connectivity index (χ4n) is 3.10. The third kappa shape index (κ3) is 6.65. The molecule has 0 saturated carbocycles. The van der Waals surface area contributed by atoms with E-state index in [1.165, 1.54) is 6.07 Å². The summed E-state index contributed by atoms with van der Waals surface area (Å²) in [4.78, 5) is 28.9. The van der Waals surface area contributed by atoms with Crippen LogP contribution in [0.4, 0.5) is 20.6 Å². The summed E-state index contributed by atoms with van der Waals surface area (Å²) in [6.07, 6.45) is 0. The Morgan fingerprint density at radius 2 is 1.38 bits per heavy atom. The fourth-order valence-corrected chi connectivity index (χ4v) is 3.10. The molecule has 0 aliphatic carbocycles. The van der Waals surface area contributed by atoms with Gasteiger partial charge in [0, 0.05) is 42.1 Å². The van der Waals surface area contributed by atoms with E-state index in [1.807, 2.05) is 37.2 Å². The fraction of sp³-hybridized carbons (Fsp3) is 0.200. The maximum Gasteiger partial charge on any atom is 0.323 e. The molecule has 0 bridgehead atoms. The van der Waals surface area contributed by atoms with Gasteiger partial charge in [-0.1, -0.05) is 36.4 Å². The number of carbonyl (C=O) groups excluding carboxylic acids is 2. The molecular weight excluding hydrogens is 407 g/mol. The number of benzene rings is 3. The van der Waals surface area contributed by atoms with Crippen LogP contribution in [0.3, 0.4) is 0 Å². The summed E-state index contributed by atoms with van der Waals surface area (Å²) in [7, 11) is 3.85. The van der Waals surface area contributed by atoms with E-state index in [4.69, 9.17) is 0 Å². The Kier molecular flexibility index (Phi) is 7.94. The minimum atomic E-state index is -0.373. The number of halogens is 1. The molecule has 3 aromatic carbocycles. The predicted octanol–water partition coefficient (Wildman–Crippen LogP) is 4.67. The Balaban J connectivity index is 1.67. The van der Waals surface area contributed by atoms with Gasteiger partial charge in [-0.25, -0.2) is 9.18 Å². The summed E-state index contributed by atoms with van der Waals surface area (Å²) >= 11 is 0. The van der Waals surface area contributed by atoms with Gasteiger partial charge in [-0.05, 0) is 56.6 Å². The Bertz CT molecular complexity index is 1040. The van der Waals surface area contributed by atoms with E-state index in [1.54, 1.807) is 59.5 Å². The average molecular weight is 435 g/mol. The SMILES string of the molecule is CN(C)CCN(Cc1ccccc1F)C(=O)c1ccc(NC(=O)Nc2ccccc2)cc1. The molecule has 3 aromatic rings. The van der Waals surface area contributed by atoms with Gasteiger partial charge in [0.2, 0.25) is 0 Å². The lowest BCUT2D eigenvalue weighted by molar-refractivity contribution is 0.0730. The topological polar surface area (TPSA) is 64.7 Å². The number of para-hydroxylation sites is 1. The molecule has 32 heavy (non-hydrogen) atoms. The zero-order chi connectivity index (χ0) is 22.9. The van der Waals surface area contributed by atoms with Gasteiger partial charge in [0.05, 0.1) is 0 Å². The Morgan fingerprint density at radius 3 is 2.00 bits per heavy atom. The molecular formula is C25H27FN4O2. The van der Waals surface area contributed by atoms with E-state index in [9.17, 15) is 14.0 Å². The first-order valence-electron chi connectivity index (χ1n) is 10.3. The average Bonchev–Trinajstić information content (AvgIpc) is 2.78. The smallest absolute Gasteiger partial charge is 0.323 e. The van der Waals surface area contributed by atoms with Crippen LogP contribution in [0.1, 0.15) is 15.9 Å². The Labute approximate surface area is 187 Å². The van der Waals surface area contributed by atoms with E-state index in [0.717, 1.165) is 0 Å². The van der Waals surface area contributed by atoms with Crippen LogP contribution >= 0.6 is 0 Å². The molecule has 0 radical (unpaired) electrons. The van der Waals surface area contributed by atoms with Gasteiger partial charge in [0.25, 0.3) is 5.91 Å². The molecule has 7 heteroatoms. The maximum atomic E-state index is 14.2. The number of anilines is 2. The van der Waals surface area contributed by atoms with Crippen molar-refractivity contribution in [1.29, 1.82) is 0 Å². The second-order valence-electron chi connectivity index (χ2n) is 7.64. The molecule has 0 atom stereocenters. The van der Waals surface area contributed by atoms with E-state index < -0.39 is 0 Å². The predicted molar refractivity (Wildman–Crippen MR) is 125 cm³/mol. The highest BCUT2D eigenvalue weighted by atomic mass is 19.1. The molecule has 3 rings (SSSR count).